The molecule has 0 atom stereocenters. The maximum Gasteiger partial charge on any atom is 0.250 e. The van der Waals surface area contributed by atoms with E-state index in [4.69, 9.17) is 21.1 Å². The van der Waals surface area contributed by atoms with Crippen molar-refractivity contribution in [2.45, 2.75) is 6.61 Å². The van der Waals surface area contributed by atoms with E-state index >= 15 is 0 Å². The predicted octanol–water partition coefficient (Wildman–Crippen LogP) is 6.04. The van der Waals surface area contributed by atoms with Gasteiger partial charge < -0.3 is 14.8 Å². The first kappa shape index (κ1) is 20.3. The van der Waals surface area contributed by atoms with Gasteiger partial charge in [0.2, 0.25) is 5.91 Å². The summed E-state index contributed by atoms with van der Waals surface area (Å²) >= 11 is 7.52. The molecule has 4 rings (SSSR count). The van der Waals surface area contributed by atoms with Gasteiger partial charge in [0.05, 0.1) is 16.8 Å². The van der Waals surface area contributed by atoms with Gasteiger partial charge in [-0.05, 0) is 35.2 Å². The van der Waals surface area contributed by atoms with Gasteiger partial charge in [-0.1, -0.05) is 29.8 Å². The van der Waals surface area contributed by atoms with Crippen LogP contribution in [0.1, 0.15) is 5.56 Å². The normalized spacial score (nSPS) is 10.9. The van der Waals surface area contributed by atoms with E-state index in [9.17, 15) is 9.18 Å². The average molecular weight is 443 g/mol. The molecule has 5 nitrogen and oxygen atoms in total. The van der Waals surface area contributed by atoms with Crippen molar-refractivity contribution in [2.24, 2.45) is 0 Å². The quantitative estimate of drug-likeness (QED) is 0.379. The highest BCUT2D eigenvalue weighted by molar-refractivity contribution is 7.17. The number of aromatic nitrogens is 1. The molecule has 0 aliphatic rings. The van der Waals surface area contributed by atoms with Crippen molar-refractivity contribution in [3.05, 3.63) is 82.6 Å². The molecule has 30 heavy (non-hydrogen) atoms. The third kappa shape index (κ3) is 4.76. The summed E-state index contributed by atoms with van der Waals surface area (Å²) in [7, 11) is 0. The third-order valence-electron chi connectivity index (χ3n) is 4.19. The zero-order valence-corrected chi connectivity index (χ0v) is 17.2. The maximum atomic E-state index is 14.5. The zero-order valence-electron chi connectivity index (χ0n) is 15.6. The van der Waals surface area contributed by atoms with Gasteiger partial charge in [0.25, 0.3) is 0 Å². The molecule has 0 aliphatic heterocycles. The lowest BCUT2D eigenvalue weighted by atomic mass is 10.2. The molecule has 0 aliphatic carbocycles. The number of amides is 1. The van der Waals surface area contributed by atoms with Gasteiger partial charge >= 0.3 is 0 Å². The van der Waals surface area contributed by atoms with Crippen molar-refractivity contribution < 1.29 is 18.7 Å². The molecular weight excluding hydrogens is 427 g/mol. The summed E-state index contributed by atoms with van der Waals surface area (Å²) in [6.07, 6.45) is 1.61. The van der Waals surface area contributed by atoms with Crippen molar-refractivity contribution >= 4 is 44.7 Å². The number of ether oxygens (including phenoxy) is 2. The van der Waals surface area contributed by atoms with Crippen LogP contribution in [0.5, 0.6) is 11.5 Å². The first-order valence-electron chi connectivity index (χ1n) is 9.01. The predicted molar refractivity (Wildman–Crippen MR) is 116 cm³/mol. The van der Waals surface area contributed by atoms with Gasteiger partial charge in [0.15, 0.2) is 11.6 Å². The lowest BCUT2D eigenvalue weighted by molar-refractivity contribution is -0.121. The van der Waals surface area contributed by atoms with Gasteiger partial charge in [-0.15, -0.1) is 11.3 Å². The molecule has 4 aromatic rings. The van der Waals surface area contributed by atoms with Gasteiger partial charge in [-0.3, -0.25) is 9.78 Å². The Balaban J connectivity index is 1.35. The lowest BCUT2D eigenvalue weighted by Crippen LogP contribution is -2.18. The fourth-order valence-corrected chi connectivity index (χ4v) is 3.77. The van der Waals surface area contributed by atoms with Crippen LogP contribution < -0.4 is 10.1 Å². The van der Waals surface area contributed by atoms with E-state index in [1.165, 1.54) is 23.5 Å². The number of halogens is 2. The summed E-state index contributed by atoms with van der Waals surface area (Å²) in [6.45, 7) is 0.0236. The number of thiophene rings is 1. The number of carbonyl (C=O) groups excluding carboxylic acids is 1. The van der Waals surface area contributed by atoms with Crippen molar-refractivity contribution in [1.82, 2.24) is 4.98 Å². The Morgan fingerprint density at radius 3 is 2.83 bits per heavy atom. The van der Waals surface area contributed by atoms with Gasteiger partial charge in [0, 0.05) is 29.0 Å². The molecule has 1 amide bonds. The molecule has 0 fully saturated rings. The van der Waals surface area contributed by atoms with E-state index in [0.717, 1.165) is 15.8 Å². The zero-order chi connectivity index (χ0) is 20.9. The van der Waals surface area contributed by atoms with E-state index in [0.29, 0.717) is 16.5 Å². The van der Waals surface area contributed by atoms with Gasteiger partial charge in [-0.25, -0.2) is 4.39 Å². The highest BCUT2D eigenvalue weighted by Crippen LogP contribution is 2.34. The molecule has 2 aromatic heterocycles. The molecule has 2 heterocycles. The number of rotatable bonds is 7. The van der Waals surface area contributed by atoms with Crippen LogP contribution in [-0.4, -0.2) is 17.5 Å². The molecule has 0 bridgehead atoms. The van der Waals surface area contributed by atoms with Gasteiger partial charge in [0.1, 0.15) is 12.4 Å². The summed E-state index contributed by atoms with van der Waals surface area (Å²) in [5, 5.41) is 5.07. The first-order chi connectivity index (χ1) is 14.6. The monoisotopic (exact) mass is 442 g/mol. The summed E-state index contributed by atoms with van der Waals surface area (Å²) in [5.74, 6) is -0.404. The van der Waals surface area contributed by atoms with E-state index in [-0.39, 0.29) is 19.0 Å². The number of anilines is 1. The topological polar surface area (TPSA) is 60.5 Å². The number of nitrogens with zero attached hydrogens (tertiary/aromatic N) is 1. The van der Waals surface area contributed by atoms with Crippen LogP contribution >= 0.6 is 22.9 Å². The number of nitrogens with one attached hydrogen (secondary N) is 1. The fraction of sp³-hybridized carbons (Fsp3) is 0.0909. The standard InChI is InChI=1S/C22H16ClFN2O3S/c23-16-4-2-1-3-14(16)12-28-13-21(27)26-15-5-6-19(17(24)11-15)29-20-7-9-25-18-8-10-30-22(18)20/h1-11H,12-13H2,(H,26,27). The Labute approximate surface area is 181 Å². The smallest absolute Gasteiger partial charge is 0.250 e. The largest absolute Gasteiger partial charge is 0.453 e. The number of pyridine rings is 1. The molecule has 2 aromatic carbocycles. The van der Waals surface area contributed by atoms with E-state index in [2.05, 4.69) is 10.3 Å². The number of hydrogen-bond acceptors (Lipinski definition) is 5. The van der Waals surface area contributed by atoms with E-state index in [1.807, 2.05) is 29.6 Å². The van der Waals surface area contributed by atoms with Crippen LogP contribution in [0.3, 0.4) is 0 Å². The second-order valence-electron chi connectivity index (χ2n) is 6.32. The van der Waals surface area contributed by atoms with Crippen molar-refractivity contribution in [1.29, 1.82) is 0 Å². The fourth-order valence-electron chi connectivity index (χ4n) is 2.78. The summed E-state index contributed by atoms with van der Waals surface area (Å²) in [4.78, 5) is 16.3. The molecule has 0 unspecified atom stereocenters. The van der Waals surface area contributed by atoms with E-state index in [1.54, 1.807) is 24.4 Å². The molecule has 8 heteroatoms. The minimum Gasteiger partial charge on any atom is -0.453 e. The molecule has 0 spiro atoms. The molecule has 0 radical (unpaired) electrons. The number of hydrogen-bond donors (Lipinski definition) is 1. The molecule has 152 valence electrons. The van der Waals surface area contributed by atoms with Crippen LogP contribution in [-0.2, 0) is 16.1 Å². The van der Waals surface area contributed by atoms with Crippen LogP contribution in [0.2, 0.25) is 5.02 Å². The van der Waals surface area contributed by atoms with Crippen LogP contribution in [0.4, 0.5) is 10.1 Å². The van der Waals surface area contributed by atoms with Crippen LogP contribution in [0.25, 0.3) is 10.2 Å². The summed E-state index contributed by atoms with van der Waals surface area (Å²) in [5.41, 5.74) is 1.89. The second kappa shape index (κ2) is 9.21. The van der Waals surface area contributed by atoms with Gasteiger partial charge in [-0.2, -0.15) is 0 Å². The summed E-state index contributed by atoms with van der Waals surface area (Å²) in [6, 6.07) is 15.0. The van der Waals surface area contributed by atoms with Crippen molar-refractivity contribution in [2.75, 3.05) is 11.9 Å². The first-order valence-corrected chi connectivity index (χ1v) is 10.3. The average Bonchev–Trinajstić information content (AvgIpc) is 3.21. The van der Waals surface area contributed by atoms with Crippen LogP contribution in [0.15, 0.2) is 66.2 Å². The van der Waals surface area contributed by atoms with Crippen molar-refractivity contribution in [3.63, 3.8) is 0 Å². The highest BCUT2D eigenvalue weighted by Gasteiger charge is 2.11. The minimum atomic E-state index is -0.591. The Morgan fingerprint density at radius 1 is 1.13 bits per heavy atom. The maximum absolute atomic E-state index is 14.5. The third-order valence-corrected chi connectivity index (χ3v) is 5.48. The minimum absolute atomic E-state index is 0.0591. The van der Waals surface area contributed by atoms with Crippen molar-refractivity contribution in [3.8, 4) is 11.5 Å². The molecule has 0 saturated heterocycles. The Hall–Kier alpha value is -3.00. The molecular formula is C22H16ClFN2O3S. The Morgan fingerprint density at radius 2 is 2.00 bits per heavy atom. The number of benzene rings is 2. The SMILES string of the molecule is O=C(COCc1ccccc1Cl)Nc1ccc(Oc2ccnc3ccsc23)c(F)c1. The van der Waals surface area contributed by atoms with Crippen LogP contribution in [0, 0.1) is 5.82 Å². The number of carbonyl (C=O) groups is 1. The summed E-state index contributed by atoms with van der Waals surface area (Å²) < 4.78 is 26.4. The molecule has 0 saturated carbocycles. The number of fused-ring (bicyclic) bond motifs is 1. The lowest BCUT2D eigenvalue weighted by Gasteiger charge is -2.10. The Bertz CT molecular complexity index is 1200. The highest BCUT2D eigenvalue weighted by atomic mass is 35.5. The Kier molecular flexibility index (Phi) is 6.23. The second-order valence-corrected chi connectivity index (χ2v) is 7.65. The molecule has 1 N–H and O–H groups in total. The van der Waals surface area contributed by atoms with E-state index < -0.39 is 11.7 Å².